The lowest BCUT2D eigenvalue weighted by atomic mass is 9.93. The average molecular weight is 274 g/mol. The van der Waals surface area contributed by atoms with E-state index in [4.69, 9.17) is 10.5 Å². The first kappa shape index (κ1) is 13.4. The molecule has 4 heteroatoms. The van der Waals surface area contributed by atoms with E-state index in [2.05, 4.69) is 6.92 Å². The predicted molar refractivity (Wildman–Crippen MR) is 77.5 cm³/mol. The Morgan fingerprint density at radius 1 is 1.40 bits per heavy atom. The number of likely N-dealkylation sites (tertiary alicyclic amines) is 1. The lowest BCUT2D eigenvalue weighted by Gasteiger charge is -2.38. The van der Waals surface area contributed by atoms with Gasteiger partial charge in [0.15, 0.2) is 6.10 Å². The molecule has 108 valence electrons. The molecule has 1 saturated heterocycles. The maximum absolute atomic E-state index is 12.7. The van der Waals surface area contributed by atoms with Crippen molar-refractivity contribution in [3.05, 3.63) is 29.8 Å². The molecule has 0 aromatic heterocycles. The molecule has 2 aliphatic rings. The first-order valence-electron chi connectivity index (χ1n) is 7.44. The van der Waals surface area contributed by atoms with Crippen LogP contribution in [0, 0.1) is 5.92 Å². The van der Waals surface area contributed by atoms with Crippen molar-refractivity contribution in [2.24, 2.45) is 11.7 Å². The zero-order chi connectivity index (χ0) is 14.1. The number of hydrogen-bond donors (Lipinski definition) is 1. The monoisotopic (exact) mass is 274 g/mol. The molecule has 1 aromatic rings. The summed E-state index contributed by atoms with van der Waals surface area (Å²) in [4.78, 5) is 14.7. The summed E-state index contributed by atoms with van der Waals surface area (Å²) in [6.45, 7) is 3.54. The number of benzene rings is 1. The second kappa shape index (κ2) is 5.44. The number of amides is 1. The maximum atomic E-state index is 12.7. The van der Waals surface area contributed by atoms with Gasteiger partial charge in [0.25, 0.3) is 5.91 Å². The normalized spacial score (nSPS) is 28.9. The zero-order valence-corrected chi connectivity index (χ0v) is 11.9. The van der Waals surface area contributed by atoms with E-state index in [1.165, 1.54) is 0 Å². The van der Waals surface area contributed by atoms with Gasteiger partial charge in [-0.3, -0.25) is 4.79 Å². The quantitative estimate of drug-likeness (QED) is 0.890. The van der Waals surface area contributed by atoms with Crippen LogP contribution in [0.2, 0.25) is 0 Å². The van der Waals surface area contributed by atoms with Gasteiger partial charge in [-0.15, -0.1) is 0 Å². The molecule has 2 N–H and O–H groups in total. The van der Waals surface area contributed by atoms with Crippen LogP contribution in [-0.2, 0) is 11.2 Å². The van der Waals surface area contributed by atoms with Gasteiger partial charge in [0.05, 0.1) is 0 Å². The zero-order valence-electron chi connectivity index (χ0n) is 11.9. The van der Waals surface area contributed by atoms with Gasteiger partial charge in [-0.05, 0) is 43.9 Å². The Hall–Kier alpha value is -1.55. The molecular weight excluding hydrogens is 252 g/mol. The molecule has 3 rings (SSSR count). The highest BCUT2D eigenvalue weighted by Gasteiger charge is 2.36. The Bertz CT molecular complexity index is 478. The van der Waals surface area contributed by atoms with Crippen LogP contribution in [0.4, 0.5) is 0 Å². The van der Waals surface area contributed by atoms with E-state index in [0.717, 1.165) is 30.7 Å². The van der Waals surface area contributed by atoms with Crippen molar-refractivity contribution in [3.8, 4) is 5.75 Å². The lowest BCUT2D eigenvalue weighted by Crippen LogP contribution is -2.51. The summed E-state index contributed by atoms with van der Waals surface area (Å²) in [5, 5.41) is 0. The van der Waals surface area contributed by atoms with E-state index in [9.17, 15) is 4.79 Å². The van der Waals surface area contributed by atoms with Crippen LogP contribution in [0.3, 0.4) is 0 Å². The Morgan fingerprint density at radius 2 is 2.20 bits per heavy atom. The summed E-state index contributed by atoms with van der Waals surface area (Å²) in [7, 11) is 0. The van der Waals surface area contributed by atoms with Gasteiger partial charge in [0, 0.05) is 19.0 Å². The molecule has 0 spiro atoms. The third-order valence-electron chi connectivity index (χ3n) is 4.52. The third kappa shape index (κ3) is 2.40. The van der Waals surface area contributed by atoms with Crippen LogP contribution < -0.4 is 10.5 Å². The molecule has 2 aliphatic heterocycles. The summed E-state index contributed by atoms with van der Waals surface area (Å²) < 4.78 is 5.82. The van der Waals surface area contributed by atoms with Gasteiger partial charge in [-0.25, -0.2) is 0 Å². The second-order valence-electron chi connectivity index (χ2n) is 5.94. The largest absolute Gasteiger partial charge is 0.480 e. The van der Waals surface area contributed by atoms with Crippen LogP contribution in [0.5, 0.6) is 5.75 Å². The molecule has 0 saturated carbocycles. The molecular formula is C16H22N2O2. The van der Waals surface area contributed by atoms with Gasteiger partial charge < -0.3 is 15.4 Å². The number of nitrogens with zero attached hydrogens (tertiary/aromatic N) is 1. The third-order valence-corrected chi connectivity index (χ3v) is 4.52. The van der Waals surface area contributed by atoms with E-state index in [1.54, 1.807) is 0 Å². The number of piperidine rings is 1. The topological polar surface area (TPSA) is 55.6 Å². The molecule has 0 bridgehead atoms. The summed E-state index contributed by atoms with van der Waals surface area (Å²) >= 11 is 0. The Kier molecular flexibility index (Phi) is 3.66. The number of carbonyl (C=O) groups is 1. The number of para-hydroxylation sites is 1. The Balaban J connectivity index is 1.70. The second-order valence-corrected chi connectivity index (χ2v) is 5.94. The van der Waals surface area contributed by atoms with E-state index >= 15 is 0 Å². The van der Waals surface area contributed by atoms with Gasteiger partial charge in [0.1, 0.15) is 5.75 Å². The molecule has 2 heterocycles. The van der Waals surface area contributed by atoms with Gasteiger partial charge in [0.2, 0.25) is 0 Å². The van der Waals surface area contributed by atoms with Crippen LogP contribution in [0.1, 0.15) is 25.3 Å². The number of ether oxygens (including phenoxy) is 1. The van der Waals surface area contributed by atoms with Gasteiger partial charge in [-0.1, -0.05) is 18.2 Å². The van der Waals surface area contributed by atoms with E-state index in [-0.39, 0.29) is 18.1 Å². The van der Waals surface area contributed by atoms with Crippen molar-refractivity contribution in [1.82, 2.24) is 4.90 Å². The van der Waals surface area contributed by atoms with Crippen LogP contribution in [0.25, 0.3) is 0 Å². The molecule has 0 radical (unpaired) electrons. The van der Waals surface area contributed by atoms with E-state index in [0.29, 0.717) is 18.9 Å². The molecule has 3 unspecified atom stereocenters. The van der Waals surface area contributed by atoms with Gasteiger partial charge >= 0.3 is 0 Å². The summed E-state index contributed by atoms with van der Waals surface area (Å²) in [5.41, 5.74) is 6.89. The van der Waals surface area contributed by atoms with Crippen molar-refractivity contribution in [3.63, 3.8) is 0 Å². The van der Waals surface area contributed by atoms with Crippen molar-refractivity contribution in [2.45, 2.75) is 38.3 Å². The van der Waals surface area contributed by atoms with Crippen molar-refractivity contribution in [2.75, 3.05) is 13.1 Å². The highest BCUT2D eigenvalue weighted by Crippen LogP contribution is 2.30. The van der Waals surface area contributed by atoms with E-state index in [1.807, 2.05) is 29.2 Å². The predicted octanol–water partition coefficient (Wildman–Crippen LogP) is 1.58. The highest BCUT2D eigenvalue weighted by atomic mass is 16.5. The Morgan fingerprint density at radius 3 is 2.95 bits per heavy atom. The smallest absolute Gasteiger partial charge is 0.264 e. The standard InChI is InChI=1S/C16H22N2O2/c1-11-6-7-12(9-17)10-18(11)16(19)15-8-13-4-2-3-5-14(13)20-15/h2-5,11-12,15H,6-10,17H2,1H3. The molecule has 0 aliphatic carbocycles. The molecule has 20 heavy (non-hydrogen) atoms. The van der Waals surface area contributed by atoms with Crippen molar-refractivity contribution < 1.29 is 9.53 Å². The SMILES string of the molecule is CC1CCC(CN)CN1C(=O)C1Cc2ccccc2O1. The minimum atomic E-state index is -0.355. The summed E-state index contributed by atoms with van der Waals surface area (Å²) in [6.07, 6.45) is 2.48. The number of hydrogen-bond acceptors (Lipinski definition) is 3. The number of fused-ring (bicyclic) bond motifs is 1. The first-order valence-corrected chi connectivity index (χ1v) is 7.44. The number of nitrogens with two attached hydrogens (primary N) is 1. The lowest BCUT2D eigenvalue weighted by molar-refractivity contribution is -0.142. The summed E-state index contributed by atoms with van der Waals surface area (Å²) in [5.74, 6) is 1.40. The van der Waals surface area contributed by atoms with Crippen molar-refractivity contribution in [1.29, 1.82) is 0 Å². The molecule has 3 atom stereocenters. The Labute approximate surface area is 119 Å². The fourth-order valence-corrected chi connectivity index (χ4v) is 3.19. The van der Waals surface area contributed by atoms with Crippen LogP contribution >= 0.6 is 0 Å². The highest BCUT2D eigenvalue weighted by molar-refractivity contribution is 5.83. The minimum absolute atomic E-state index is 0.117. The minimum Gasteiger partial charge on any atom is -0.480 e. The average Bonchev–Trinajstić information content (AvgIpc) is 2.91. The first-order chi connectivity index (χ1) is 9.69. The molecule has 1 fully saturated rings. The number of carbonyl (C=O) groups excluding carboxylic acids is 1. The fourth-order valence-electron chi connectivity index (χ4n) is 3.19. The van der Waals surface area contributed by atoms with Crippen molar-refractivity contribution >= 4 is 5.91 Å². The van der Waals surface area contributed by atoms with Gasteiger partial charge in [-0.2, -0.15) is 0 Å². The summed E-state index contributed by atoms with van der Waals surface area (Å²) in [6, 6.07) is 8.19. The molecule has 4 nitrogen and oxygen atoms in total. The fraction of sp³-hybridized carbons (Fsp3) is 0.562. The maximum Gasteiger partial charge on any atom is 0.264 e. The molecule has 1 amide bonds. The van der Waals surface area contributed by atoms with Crippen LogP contribution in [-0.4, -0.2) is 36.0 Å². The number of rotatable bonds is 2. The van der Waals surface area contributed by atoms with E-state index < -0.39 is 0 Å². The molecule has 1 aromatic carbocycles. The van der Waals surface area contributed by atoms with Crippen LogP contribution in [0.15, 0.2) is 24.3 Å².